The number of anilines is 1. The number of halogens is 2. The Labute approximate surface area is 152 Å². The van der Waals surface area contributed by atoms with Gasteiger partial charge in [-0.05, 0) is 37.3 Å². The molecule has 0 unspecified atom stereocenters. The molecule has 9 heteroatoms. The Morgan fingerprint density at radius 3 is 2.38 bits per heavy atom. The van der Waals surface area contributed by atoms with Crippen LogP contribution in [0.15, 0.2) is 53.1 Å². The van der Waals surface area contributed by atoms with Gasteiger partial charge in [0.15, 0.2) is 5.75 Å². The smallest absolute Gasteiger partial charge is 0.402 e. The second-order valence-corrected chi connectivity index (χ2v) is 7.40. The van der Waals surface area contributed by atoms with Crippen LogP contribution in [0.25, 0.3) is 10.9 Å². The second-order valence-electron chi connectivity index (χ2n) is 4.96. The fraction of sp³-hybridized carbons (Fsp3) is 0.0667. The van der Waals surface area contributed by atoms with Crippen molar-refractivity contribution in [1.29, 1.82) is 0 Å². The Morgan fingerprint density at radius 1 is 1.21 bits per heavy atom. The first kappa shape index (κ1) is 18.8. The van der Waals surface area contributed by atoms with Crippen LogP contribution in [0.3, 0.4) is 0 Å². The Kier molecular flexibility index (Phi) is 5.96. The van der Waals surface area contributed by atoms with Crippen molar-refractivity contribution in [3.8, 4) is 5.75 Å². The molecule has 0 aliphatic carbocycles. The zero-order valence-electron chi connectivity index (χ0n) is 12.6. The van der Waals surface area contributed by atoms with Gasteiger partial charge in [-0.1, -0.05) is 33.6 Å². The van der Waals surface area contributed by atoms with Crippen LogP contribution in [0, 0.1) is 6.92 Å². The summed E-state index contributed by atoms with van der Waals surface area (Å²) in [6, 6.07) is 12.9. The Bertz CT molecular complexity index is 871. The molecule has 128 valence electrons. The summed E-state index contributed by atoms with van der Waals surface area (Å²) in [5.74, 6) is 0.0413. The van der Waals surface area contributed by atoms with E-state index in [0.29, 0.717) is 10.9 Å². The van der Waals surface area contributed by atoms with Crippen molar-refractivity contribution in [2.24, 2.45) is 0 Å². The molecule has 0 atom stereocenters. The van der Waals surface area contributed by atoms with E-state index >= 15 is 0 Å². The van der Waals surface area contributed by atoms with Gasteiger partial charge in [0, 0.05) is 27.3 Å². The van der Waals surface area contributed by atoms with Gasteiger partial charge in [-0.2, -0.15) is 0 Å². The number of nitrogen functional groups attached to an aromatic ring is 1. The SMILES string of the molecule is Cc1ccc(N)cc1.O=P(O)(O)Oc1cn(Cl)c2ccc(Br)cc12. The number of hydrogen-bond donors (Lipinski definition) is 3. The average molecular weight is 434 g/mol. The molecule has 1 heterocycles. The van der Waals surface area contributed by atoms with E-state index in [-0.39, 0.29) is 5.75 Å². The van der Waals surface area contributed by atoms with Crippen molar-refractivity contribution < 1.29 is 18.9 Å². The van der Waals surface area contributed by atoms with Crippen LogP contribution in [0.2, 0.25) is 0 Å². The molecule has 24 heavy (non-hydrogen) atoms. The number of nitrogens with zero attached hydrogens (tertiary/aromatic N) is 1. The summed E-state index contributed by atoms with van der Waals surface area (Å²) in [6.45, 7) is 2.04. The van der Waals surface area contributed by atoms with E-state index in [2.05, 4.69) is 20.5 Å². The second kappa shape index (κ2) is 7.59. The summed E-state index contributed by atoms with van der Waals surface area (Å²) in [5, 5.41) is 0.521. The average Bonchev–Trinajstić information content (AvgIpc) is 2.77. The van der Waals surface area contributed by atoms with E-state index in [1.54, 1.807) is 18.2 Å². The lowest BCUT2D eigenvalue weighted by atomic mass is 10.2. The fourth-order valence-corrected chi connectivity index (χ4v) is 2.90. The van der Waals surface area contributed by atoms with E-state index in [9.17, 15) is 4.57 Å². The van der Waals surface area contributed by atoms with Crippen molar-refractivity contribution in [1.82, 2.24) is 4.09 Å². The molecule has 3 rings (SSSR count). The van der Waals surface area contributed by atoms with Gasteiger partial charge >= 0.3 is 7.82 Å². The maximum absolute atomic E-state index is 10.7. The maximum Gasteiger partial charge on any atom is 0.524 e. The van der Waals surface area contributed by atoms with Crippen LogP contribution in [-0.2, 0) is 4.57 Å². The summed E-state index contributed by atoms with van der Waals surface area (Å²) >= 11 is 9.08. The number of aromatic nitrogens is 1. The van der Waals surface area contributed by atoms with Crippen LogP contribution in [-0.4, -0.2) is 13.9 Å². The number of rotatable bonds is 2. The highest BCUT2D eigenvalue weighted by Crippen LogP contribution is 2.42. The van der Waals surface area contributed by atoms with Crippen molar-refractivity contribution in [2.75, 3.05) is 5.73 Å². The molecule has 6 nitrogen and oxygen atoms in total. The van der Waals surface area contributed by atoms with Crippen molar-refractivity contribution in [3.05, 3.63) is 58.7 Å². The van der Waals surface area contributed by atoms with Crippen molar-refractivity contribution in [2.45, 2.75) is 6.92 Å². The van der Waals surface area contributed by atoms with E-state index in [0.717, 1.165) is 10.2 Å². The summed E-state index contributed by atoms with van der Waals surface area (Å²) in [6.07, 6.45) is 1.30. The molecule has 0 bridgehead atoms. The number of benzene rings is 2. The Hall–Kier alpha value is -1.50. The topological polar surface area (TPSA) is 97.7 Å². The van der Waals surface area contributed by atoms with E-state index in [1.807, 2.05) is 31.2 Å². The van der Waals surface area contributed by atoms with Gasteiger partial charge in [0.2, 0.25) is 0 Å². The molecule has 1 aromatic heterocycles. The largest absolute Gasteiger partial charge is 0.524 e. The Balaban J connectivity index is 0.000000219. The van der Waals surface area contributed by atoms with Gasteiger partial charge < -0.3 is 10.3 Å². The monoisotopic (exact) mass is 432 g/mol. The molecule has 2 aromatic carbocycles. The highest BCUT2D eigenvalue weighted by molar-refractivity contribution is 9.10. The lowest BCUT2D eigenvalue weighted by molar-refractivity contribution is 0.284. The molecule has 0 amide bonds. The molecule has 0 saturated carbocycles. The van der Waals surface area contributed by atoms with E-state index in [4.69, 9.17) is 27.3 Å². The zero-order chi connectivity index (χ0) is 17.9. The number of hydrogen-bond acceptors (Lipinski definition) is 3. The van der Waals surface area contributed by atoms with Gasteiger partial charge in [0.25, 0.3) is 0 Å². The number of aryl methyl sites for hydroxylation is 1. The van der Waals surface area contributed by atoms with Crippen LogP contribution in [0.1, 0.15) is 5.56 Å². The van der Waals surface area contributed by atoms with Crippen LogP contribution >= 0.6 is 35.5 Å². The first-order valence-corrected chi connectivity index (χ1v) is 9.36. The molecule has 0 radical (unpaired) electrons. The fourth-order valence-electron chi connectivity index (χ4n) is 1.90. The predicted octanol–water partition coefficient (Wildman–Crippen LogP) is 4.45. The molecule has 0 fully saturated rings. The van der Waals surface area contributed by atoms with Crippen molar-refractivity contribution in [3.63, 3.8) is 0 Å². The van der Waals surface area contributed by atoms with Crippen LogP contribution in [0.5, 0.6) is 5.75 Å². The molecule has 4 N–H and O–H groups in total. The maximum atomic E-state index is 10.7. The normalized spacial score (nSPS) is 11.0. The minimum atomic E-state index is -4.58. The lowest BCUT2D eigenvalue weighted by Gasteiger charge is -2.04. The summed E-state index contributed by atoms with van der Waals surface area (Å²) in [4.78, 5) is 17.5. The van der Waals surface area contributed by atoms with Crippen LogP contribution < -0.4 is 10.3 Å². The first-order valence-electron chi connectivity index (χ1n) is 6.70. The van der Waals surface area contributed by atoms with Gasteiger partial charge in [-0.25, -0.2) is 4.57 Å². The minimum Gasteiger partial charge on any atom is -0.402 e. The van der Waals surface area contributed by atoms with Gasteiger partial charge in [0.1, 0.15) is 0 Å². The number of phosphoric ester groups is 1. The molecule has 0 saturated heterocycles. The highest BCUT2D eigenvalue weighted by Gasteiger charge is 2.20. The summed E-state index contributed by atoms with van der Waals surface area (Å²) in [7, 11) is -4.58. The third-order valence-corrected chi connectivity index (χ3v) is 4.19. The minimum absolute atomic E-state index is 0.0413. The predicted molar refractivity (Wildman–Crippen MR) is 99.2 cm³/mol. The molecular formula is C15H15BrClN2O4P. The lowest BCUT2D eigenvalue weighted by Crippen LogP contribution is -1.88. The van der Waals surface area contributed by atoms with Gasteiger partial charge in [0.05, 0.1) is 11.7 Å². The first-order chi connectivity index (χ1) is 11.2. The van der Waals surface area contributed by atoms with Gasteiger partial charge in [-0.3, -0.25) is 13.9 Å². The molecule has 3 aromatic rings. The van der Waals surface area contributed by atoms with E-state index in [1.165, 1.54) is 15.8 Å². The third kappa shape index (κ3) is 5.26. The summed E-state index contributed by atoms with van der Waals surface area (Å²) < 4.78 is 17.3. The third-order valence-electron chi connectivity index (χ3n) is 2.98. The quantitative estimate of drug-likeness (QED) is 0.410. The molecule has 0 aliphatic rings. The van der Waals surface area contributed by atoms with Crippen molar-refractivity contribution >= 4 is 52.1 Å². The zero-order valence-corrected chi connectivity index (χ0v) is 15.8. The van der Waals surface area contributed by atoms with Crippen LogP contribution in [0.4, 0.5) is 5.69 Å². The number of fused-ring (bicyclic) bond motifs is 1. The number of nitrogens with two attached hydrogens (primary N) is 1. The standard InChI is InChI=1S/C8H6BrClNO4P.C7H9N/c9-5-1-2-7-6(3-5)8(4-11(7)10)15-16(12,13)14;1-6-2-4-7(8)5-3-6/h1-4H,(H2,12,13,14);2-5H,8H2,1H3. The number of phosphoric acid groups is 1. The van der Waals surface area contributed by atoms with E-state index < -0.39 is 7.82 Å². The highest BCUT2D eigenvalue weighted by atomic mass is 79.9. The summed E-state index contributed by atoms with van der Waals surface area (Å²) in [5.41, 5.74) is 8.11. The van der Waals surface area contributed by atoms with Gasteiger partial charge in [-0.15, -0.1) is 0 Å². The Morgan fingerprint density at radius 2 is 1.83 bits per heavy atom. The molecular weight excluding hydrogens is 419 g/mol. The molecule has 0 spiro atoms. The molecule has 0 aliphatic heterocycles.